The third-order valence-electron chi connectivity index (χ3n) is 5.59. The molecule has 1 saturated heterocycles. The Morgan fingerprint density at radius 2 is 1.93 bits per heavy atom. The molecule has 3 N–H and O–H groups in total. The summed E-state index contributed by atoms with van der Waals surface area (Å²) in [4.78, 5) is 12.7. The molecule has 29 heavy (non-hydrogen) atoms. The van der Waals surface area contributed by atoms with E-state index in [1.807, 2.05) is 0 Å². The van der Waals surface area contributed by atoms with Gasteiger partial charge in [-0.15, -0.1) is 0 Å². The Labute approximate surface area is 168 Å². The van der Waals surface area contributed by atoms with Crippen molar-refractivity contribution in [1.29, 1.82) is 5.26 Å². The van der Waals surface area contributed by atoms with Gasteiger partial charge in [0.05, 0.1) is 24.1 Å². The number of aliphatic carboxylic acids is 1. The second-order valence-electron chi connectivity index (χ2n) is 7.43. The highest BCUT2D eigenvalue weighted by Crippen LogP contribution is 2.41. The van der Waals surface area contributed by atoms with Crippen molar-refractivity contribution in [2.45, 2.75) is 56.7 Å². The largest absolute Gasteiger partial charge is 0.487 e. The van der Waals surface area contributed by atoms with E-state index >= 15 is 0 Å². The fraction of sp³-hybridized carbons (Fsp3) is 0.600. The van der Waals surface area contributed by atoms with E-state index in [2.05, 4.69) is 10.8 Å². The molecule has 9 heteroatoms. The first-order valence-corrected chi connectivity index (χ1v) is 9.53. The van der Waals surface area contributed by atoms with Crippen molar-refractivity contribution in [3.05, 3.63) is 23.8 Å². The predicted molar refractivity (Wildman–Crippen MR) is 100 cm³/mol. The maximum absolute atomic E-state index is 12.8. The second-order valence-corrected chi connectivity index (χ2v) is 7.43. The van der Waals surface area contributed by atoms with E-state index in [9.17, 15) is 18.8 Å². The van der Waals surface area contributed by atoms with E-state index in [0.29, 0.717) is 31.5 Å². The van der Waals surface area contributed by atoms with Crippen molar-refractivity contribution in [2.24, 2.45) is 0 Å². The van der Waals surface area contributed by atoms with Crippen molar-refractivity contribution in [1.82, 2.24) is 4.90 Å². The summed E-state index contributed by atoms with van der Waals surface area (Å²) in [5, 5.41) is 18.8. The maximum Gasteiger partial charge on any atom is 0.387 e. The fourth-order valence-corrected chi connectivity index (χ4v) is 4.03. The van der Waals surface area contributed by atoms with Crippen LogP contribution in [-0.2, 0) is 10.2 Å². The molecule has 1 aliphatic carbocycles. The zero-order chi connectivity index (χ0) is 20.1. The SMILES string of the molecule is N#CC1(c2ccc(OC(F)F)c(OC3CCCC3)c2)CCN(CC(=O)O)CC1.O. The van der Waals surface area contributed by atoms with Gasteiger partial charge < -0.3 is 20.1 Å². The molecule has 2 fully saturated rings. The molecule has 1 aliphatic heterocycles. The zero-order valence-electron chi connectivity index (χ0n) is 16.1. The molecule has 1 aromatic carbocycles. The molecule has 1 aromatic rings. The summed E-state index contributed by atoms with van der Waals surface area (Å²) in [6.45, 7) is -2.05. The first-order valence-electron chi connectivity index (χ1n) is 9.53. The highest BCUT2D eigenvalue weighted by atomic mass is 19.3. The van der Waals surface area contributed by atoms with Gasteiger partial charge >= 0.3 is 12.6 Å². The standard InChI is InChI=1S/C20H24F2N2O4.H2O/c21-19(22)28-16-6-5-14(11-17(16)27-15-3-1-2-4-15)20(13-23)7-9-24(10-8-20)12-18(25)26;/h5-6,11,15,19H,1-4,7-10,12H2,(H,25,26);1H2. The Balaban J connectivity index is 0.00000300. The summed E-state index contributed by atoms with van der Waals surface area (Å²) in [7, 11) is 0. The average molecular weight is 412 g/mol. The lowest BCUT2D eigenvalue weighted by atomic mass is 9.74. The molecule has 0 aromatic heterocycles. The Bertz CT molecular complexity index is 739. The van der Waals surface area contributed by atoms with Crippen LogP contribution in [0, 0.1) is 11.3 Å². The fourth-order valence-electron chi connectivity index (χ4n) is 4.03. The number of likely N-dealkylation sites (tertiary alicyclic amines) is 1. The number of carbonyl (C=O) groups is 1. The minimum Gasteiger partial charge on any atom is -0.487 e. The lowest BCUT2D eigenvalue weighted by Crippen LogP contribution is -2.43. The van der Waals surface area contributed by atoms with Gasteiger partial charge in [-0.2, -0.15) is 14.0 Å². The van der Waals surface area contributed by atoms with Crippen LogP contribution in [0.5, 0.6) is 11.5 Å². The second kappa shape index (κ2) is 9.85. The Hall–Kier alpha value is -2.44. The lowest BCUT2D eigenvalue weighted by molar-refractivity contribution is -0.138. The van der Waals surface area contributed by atoms with Gasteiger partial charge in [0.25, 0.3) is 0 Å². The van der Waals surface area contributed by atoms with Crippen LogP contribution in [0.15, 0.2) is 18.2 Å². The number of nitrogens with zero attached hydrogens (tertiary/aromatic N) is 2. The lowest BCUT2D eigenvalue weighted by Gasteiger charge is -2.37. The van der Waals surface area contributed by atoms with E-state index in [-0.39, 0.29) is 29.6 Å². The van der Waals surface area contributed by atoms with Crippen molar-refractivity contribution in [3.63, 3.8) is 0 Å². The Kier molecular flexibility index (Phi) is 7.76. The Morgan fingerprint density at radius 1 is 1.28 bits per heavy atom. The topological polar surface area (TPSA) is 114 Å². The Morgan fingerprint density at radius 3 is 2.48 bits per heavy atom. The van der Waals surface area contributed by atoms with Crippen LogP contribution in [0.4, 0.5) is 8.78 Å². The number of piperidine rings is 1. The van der Waals surface area contributed by atoms with Crippen LogP contribution in [0.1, 0.15) is 44.1 Å². The number of carboxylic acid groups (broad SMARTS) is 1. The number of benzene rings is 1. The number of rotatable bonds is 7. The average Bonchev–Trinajstić information content (AvgIpc) is 3.16. The first kappa shape index (κ1) is 22.8. The summed E-state index contributed by atoms with van der Waals surface area (Å²) in [5.41, 5.74) is -0.105. The van der Waals surface area contributed by atoms with Crippen molar-refractivity contribution < 1.29 is 33.6 Å². The van der Waals surface area contributed by atoms with Crippen molar-refractivity contribution in [2.75, 3.05) is 19.6 Å². The van der Waals surface area contributed by atoms with Crippen LogP contribution in [0.25, 0.3) is 0 Å². The maximum atomic E-state index is 12.8. The first-order chi connectivity index (χ1) is 13.4. The molecule has 0 atom stereocenters. The van der Waals surface area contributed by atoms with Crippen molar-refractivity contribution in [3.8, 4) is 17.6 Å². The molecule has 160 valence electrons. The van der Waals surface area contributed by atoms with E-state index in [4.69, 9.17) is 9.84 Å². The van der Waals surface area contributed by atoms with Gasteiger partial charge in [-0.3, -0.25) is 9.69 Å². The van der Waals surface area contributed by atoms with Gasteiger partial charge in [-0.25, -0.2) is 0 Å². The number of nitriles is 1. The molecule has 3 rings (SSSR count). The van der Waals surface area contributed by atoms with Gasteiger partial charge in [0.2, 0.25) is 0 Å². The van der Waals surface area contributed by atoms with Crippen LogP contribution in [-0.4, -0.2) is 53.8 Å². The molecule has 2 aliphatic rings. The highest BCUT2D eigenvalue weighted by molar-refractivity contribution is 5.69. The number of hydrogen-bond donors (Lipinski definition) is 1. The third kappa shape index (κ3) is 5.55. The summed E-state index contributed by atoms with van der Waals surface area (Å²) in [5.74, 6) is -0.681. The van der Waals surface area contributed by atoms with Crippen LogP contribution >= 0.6 is 0 Å². The summed E-state index contributed by atoms with van der Waals surface area (Å²) in [6.07, 6.45) is 4.71. The van der Waals surface area contributed by atoms with Gasteiger partial charge in [0, 0.05) is 13.1 Å². The van der Waals surface area contributed by atoms with Crippen molar-refractivity contribution >= 4 is 5.97 Å². The van der Waals surface area contributed by atoms with Crippen LogP contribution in [0.3, 0.4) is 0 Å². The summed E-state index contributed by atoms with van der Waals surface area (Å²) >= 11 is 0. The molecule has 1 saturated carbocycles. The molecule has 0 unspecified atom stereocenters. The minimum absolute atomic E-state index is 0. The third-order valence-corrected chi connectivity index (χ3v) is 5.59. The highest BCUT2D eigenvalue weighted by Gasteiger charge is 2.37. The number of hydrogen-bond acceptors (Lipinski definition) is 5. The number of alkyl halides is 2. The van der Waals surface area contributed by atoms with Gasteiger partial charge in [-0.1, -0.05) is 6.07 Å². The quantitative estimate of drug-likeness (QED) is 0.736. The molecular formula is C20H26F2N2O5. The van der Waals surface area contributed by atoms with Gasteiger partial charge in [0.1, 0.15) is 0 Å². The number of ether oxygens (including phenoxy) is 2. The summed E-state index contributed by atoms with van der Waals surface area (Å²) < 4.78 is 36.1. The van der Waals surface area contributed by atoms with Crippen LogP contribution in [0.2, 0.25) is 0 Å². The van der Waals surface area contributed by atoms with E-state index in [1.165, 1.54) is 6.07 Å². The van der Waals surface area contributed by atoms with Gasteiger partial charge in [0.15, 0.2) is 11.5 Å². The van der Waals surface area contributed by atoms with E-state index < -0.39 is 18.0 Å². The molecule has 7 nitrogen and oxygen atoms in total. The minimum atomic E-state index is -2.96. The normalized spacial score (nSPS) is 19.4. The molecule has 0 bridgehead atoms. The molecule has 1 heterocycles. The smallest absolute Gasteiger partial charge is 0.387 e. The molecular weight excluding hydrogens is 386 g/mol. The number of halogens is 2. The van der Waals surface area contributed by atoms with Crippen LogP contribution < -0.4 is 9.47 Å². The monoisotopic (exact) mass is 412 g/mol. The zero-order valence-corrected chi connectivity index (χ0v) is 16.1. The van der Waals surface area contributed by atoms with Gasteiger partial charge in [-0.05, 0) is 56.2 Å². The predicted octanol–water partition coefficient (Wildman–Crippen LogP) is 2.73. The molecule has 0 spiro atoms. The van der Waals surface area contributed by atoms with E-state index in [0.717, 1.165) is 25.7 Å². The number of carboxylic acids is 1. The van der Waals surface area contributed by atoms with E-state index in [1.54, 1.807) is 17.0 Å². The summed E-state index contributed by atoms with van der Waals surface area (Å²) in [6, 6.07) is 7.09. The molecule has 0 amide bonds. The molecule has 0 radical (unpaired) electrons.